The van der Waals surface area contributed by atoms with Gasteiger partial charge in [0.15, 0.2) is 0 Å². The molecule has 20 heteroatoms. The van der Waals surface area contributed by atoms with E-state index in [9.17, 15) is 23.4 Å². The summed E-state index contributed by atoms with van der Waals surface area (Å²) in [4.78, 5) is 68.6. The molecule has 14 N–H and O–H groups in total. The topological polar surface area (TPSA) is 323 Å². The van der Waals surface area contributed by atoms with Crippen LogP contribution in [0.1, 0.15) is 19.3 Å². The van der Waals surface area contributed by atoms with Crippen LogP contribution in [0.5, 0.6) is 0 Å². The van der Waals surface area contributed by atoms with Crippen LogP contribution in [0.4, 0.5) is 0 Å². The van der Waals surface area contributed by atoms with Gasteiger partial charge in [0, 0.05) is 12.8 Å². The summed E-state index contributed by atoms with van der Waals surface area (Å²) in [6, 6.07) is 0. The maximum absolute atomic E-state index is 10.7. The summed E-state index contributed by atoms with van der Waals surface area (Å²) < 4.78 is 42.6. The van der Waals surface area contributed by atoms with Crippen molar-refractivity contribution in [3.8, 4) is 0 Å². The van der Waals surface area contributed by atoms with E-state index in [2.05, 4.69) is 0 Å². The Hall–Kier alpha value is 0.440. The van der Waals surface area contributed by atoms with Crippen LogP contribution in [0.2, 0.25) is 0 Å². The first-order chi connectivity index (χ1) is 11.6. The number of rotatable bonds is 9. The molecule has 0 heterocycles. The van der Waals surface area contributed by atoms with Crippen LogP contribution >= 0.6 is 30.4 Å². The Kier molecular flexibility index (Phi) is 10.9. The highest BCUT2D eigenvalue weighted by Crippen LogP contribution is 2.69. The van der Waals surface area contributed by atoms with Gasteiger partial charge in [-0.15, -0.1) is 0 Å². The molecular weight excluding hydrogens is 460 g/mol. The van der Waals surface area contributed by atoms with E-state index in [1.165, 1.54) is 0 Å². The van der Waals surface area contributed by atoms with Crippen LogP contribution in [0.3, 0.4) is 0 Å². The average molecular weight is 484 g/mol. The lowest BCUT2D eigenvalue weighted by atomic mass is 10.3. The molecule has 0 fully saturated rings. The molecule has 0 amide bonds. The molecule has 0 spiro atoms. The van der Waals surface area contributed by atoms with Crippen molar-refractivity contribution in [2.24, 2.45) is 11.5 Å². The Morgan fingerprint density at radius 1 is 0.556 bits per heavy atom. The second-order valence-corrected chi connectivity index (χ2v) is 13.2. The van der Waals surface area contributed by atoms with Crippen LogP contribution < -0.4 is 11.5 Å². The van der Waals surface area contributed by atoms with Crippen molar-refractivity contribution in [3.05, 3.63) is 0 Å². The Balaban J connectivity index is 0. The third-order valence-corrected chi connectivity index (χ3v) is 10.8. The van der Waals surface area contributed by atoms with Gasteiger partial charge in [0.2, 0.25) is 0 Å². The van der Waals surface area contributed by atoms with Gasteiger partial charge >= 0.3 is 30.4 Å². The van der Waals surface area contributed by atoms with Crippen molar-refractivity contribution >= 4 is 30.4 Å². The smallest absolute Gasteiger partial charge is 0.368 e. The number of nitrogens with two attached hydrogens (primary N) is 2. The zero-order valence-electron chi connectivity index (χ0n) is 13.6. The molecule has 0 unspecified atom stereocenters. The maximum atomic E-state index is 10.7. The molecule has 0 aliphatic heterocycles. The highest BCUT2D eigenvalue weighted by atomic mass is 31.2. The predicted molar refractivity (Wildman–Crippen MR) is 90.0 cm³/mol. The summed E-state index contributed by atoms with van der Waals surface area (Å²) in [6.45, 7) is -0.491. The molecule has 27 heavy (non-hydrogen) atoms. The van der Waals surface area contributed by atoms with E-state index in [-0.39, 0.29) is 13.0 Å². The van der Waals surface area contributed by atoms with Crippen molar-refractivity contribution in [3.63, 3.8) is 0 Å². The van der Waals surface area contributed by atoms with Crippen LogP contribution in [-0.2, 0) is 18.3 Å². The third kappa shape index (κ3) is 7.65. The summed E-state index contributed by atoms with van der Waals surface area (Å²) in [5, 5.41) is 11.6. The van der Waals surface area contributed by atoms with Gasteiger partial charge in [-0.2, -0.15) is 0 Å². The van der Waals surface area contributed by atoms with Crippen LogP contribution in [0, 0.1) is 0 Å². The van der Waals surface area contributed by atoms with Crippen LogP contribution in [0.15, 0.2) is 0 Å². The Bertz CT molecular complexity index is 614. The van der Waals surface area contributed by atoms with Crippen LogP contribution in [0.25, 0.3) is 0 Å². The lowest BCUT2D eigenvalue weighted by molar-refractivity contribution is 0.121. The lowest BCUT2D eigenvalue weighted by Crippen LogP contribution is -2.31. The van der Waals surface area contributed by atoms with Gasteiger partial charge < -0.3 is 60.8 Å². The second-order valence-electron chi connectivity index (χ2n) is 5.16. The summed E-state index contributed by atoms with van der Waals surface area (Å²) in [6.07, 6.45) is -1.73. The largest absolute Gasteiger partial charge is 0.369 e. The normalized spacial score (nSPS) is 14.5. The molecule has 16 nitrogen and oxygen atoms in total. The minimum Gasteiger partial charge on any atom is -0.368 e. The molecule has 0 radical (unpaired) electrons. The molecule has 0 aromatic carbocycles. The Morgan fingerprint density at radius 3 is 0.963 bits per heavy atom. The van der Waals surface area contributed by atoms with Gasteiger partial charge in [0.25, 0.3) is 10.2 Å². The van der Waals surface area contributed by atoms with Crippen molar-refractivity contribution < 1.29 is 67.6 Å². The van der Waals surface area contributed by atoms with Gasteiger partial charge in [-0.05, 0) is 19.5 Å². The monoisotopic (exact) mass is 484 g/mol. The Labute approximate surface area is 152 Å². The third-order valence-electron chi connectivity index (χ3n) is 3.06. The minimum absolute atomic E-state index is 0.0394. The zero-order chi connectivity index (χ0) is 22.5. The predicted octanol–water partition coefficient (Wildman–Crippen LogP) is -2.94. The van der Waals surface area contributed by atoms with Crippen molar-refractivity contribution in [2.45, 2.75) is 29.4 Å². The number of aliphatic hydroxyl groups is 2. The molecule has 0 rings (SSSR count). The molecule has 0 aliphatic rings. The summed E-state index contributed by atoms with van der Waals surface area (Å²) in [5.41, 5.74) is 9.87. The van der Waals surface area contributed by atoms with Crippen molar-refractivity contribution in [2.75, 3.05) is 13.1 Å². The lowest BCUT2D eigenvalue weighted by Gasteiger charge is -2.28. The first kappa shape index (κ1) is 29.6. The second kappa shape index (κ2) is 9.96. The fourth-order valence-electron chi connectivity index (χ4n) is 1.45. The van der Waals surface area contributed by atoms with Crippen molar-refractivity contribution in [1.82, 2.24) is 0 Å². The molecule has 0 bridgehead atoms. The fraction of sp³-hybridized carbons (Fsp3) is 1.00. The summed E-state index contributed by atoms with van der Waals surface area (Å²) >= 11 is 0. The quantitative estimate of drug-likeness (QED) is 0.146. The van der Waals surface area contributed by atoms with E-state index in [4.69, 9.17) is 55.7 Å². The zero-order valence-corrected chi connectivity index (χ0v) is 17.2. The highest BCUT2D eigenvalue weighted by molar-refractivity contribution is 7.72. The molecule has 166 valence electrons. The van der Waals surface area contributed by atoms with E-state index in [0.29, 0.717) is 0 Å². The van der Waals surface area contributed by atoms with Gasteiger partial charge in [-0.1, -0.05) is 0 Å². The fourth-order valence-corrected chi connectivity index (χ4v) is 5.91. The van der Waals surface area contributed by atoms with Crippen LogP contribution in [-0.4, -0.2) is 72.6 Å². The van der Waals surface area contributed by atoms with Crippen molar-refractivity contribution in [1.29, 1.82) is 0 Å². The maximum Gasteiger partial charge on any atom is 0.369 e. The number of hydrogen-bond donors (Lipinski definition) is 12. The van der Waals surface area contributed by atoms with Gasteiger partial charge in [-0.3, -0.25) is 18.3 Å². The first-order valence-corrected chi connectivity index (χ1v) is 13.1. The van der Waals surface area contributed by atoms with Gasteiger partial charge in [0.1, 0.15) is 0 Å². The van der Waals surface area contributed by atoms with E-state index >= 15 is 0 Å². The SMILES string of the molecule is NCCC(O)(P(=O)(O)O)P(=O)(O)O.NCCCC(O)(P(=O)(O)O)P(=O)(O)O. The molecule has 0 saturated heterocycles. The minimum atomic E-state index is -5.31. The van der Waals surface area contributed by atoms with Gasteiger partial charge in [0.05, 0.1) is 0 Å². The highest BCUT2D eigenvalue weighted by Gasteiger charge is 2.59. The molecule has 0 atom stereocenters. The number of hydrogen-bond acceptors (Lipinski definition) is 8. The van der Waals surface area contributed by atoms with E-state index in [1.54, 1.807) is 0 Å². The summed E-state index contributed by atoms with van der Waals surface area (Å²) in [7, 11) is -21.2. The molecule has 0 aromatic heterocycles. The first-order valence-electron chi connectivity index (χ1n) is 6.70. The molecule has 0 saturated carbocycles. The average Bonchev–Trinajstić information content (AvgIpc) is 2.40. The summed E-state index contributed by atoms with van der Waals surface area (Å²) in [5.74, 6) is 0. The van der Waals surface area contributed by atoms with Gasteiger partial charge in [-0.25, -0.2) is 0 Å². The Morgan fingerprint density at radius 2 is 0.815 bits per heavy atom. The van der Waals surface area contributed by atoms with E-state index in [1.807, 2.05) is 0 Å². The molecule has 0 aromatic rings. The standard InChI is InChI=1S/C4H13NO7P2.C3H11NO7P2/c5-3-1-2-4(6,13(7,8)9)14(10,11)12;4-2-1-3(5,12(6,7)8)13(9,10)11/h6H,1-3,5H2,(H2,7,8,9)(H2,10,11,12);5H,1-2,4H2,(H2,6,7,8)(H2,9,10,11). The van der Waals surface area contributed by atoms with E-state index < -0.39 is 59.9 Å². The molecular formula is C7H24N2O14P4. The van der Waals surface area contributed by atoms with E-state index in [0.717, 1.165) is 0 Å². The molecule has 0 aliphatic carbocycles.